The van der Waals surface area contributed by atoms with Crippen LogP contribution in [0.25, 0.3) is 0 Å². The summed E-state index contributed by atoms with van der Waals surface area (Å²) in [5.74, 6) is -0.476. The summed E-state index contributed by atoms with van der Waals surface area (Å²) in [6.45, 7) is 1.53. The molecule has 6 heteroatoms. The molecule has 1 rings (SSSR count). The number of halogens is 5. The van der Waals surface area contributed by atoms with Crippen LogP contribution < -0.4 is 0 Å². The first kappa shape index (κ1) is 13.5. The van der Waals surface area contributed by atoms with E-state index in [-0.39, 0.29) is 5.56 Å². The molecule has 0 fully saturated rings. The van der Waals surface area contributed by atoms with Gasteiger partial charge in [-0.1, -0.05) is 33.6 Å². The van der Waals surface area contributed by atoms with Gasteiger partial charge in [0.1, 0.15) is 0 Å². The van der Waals surface area contributed by atoms with E-state index in [0.717, 1.165) is 12.1 Å². The number of hydrogen-bond donors (Lipinski definition) is 0. The van der Waals surface area contributed by atoms with Gasteiger partial charge in [-0.15, -0.1) is 0 Å². The Bertz CT molecular complexity index is 415. The van der Waals surface area contributed by atoms with Gasteiger partial charge in [0.15, 0.2) is 5.78 Å². The van der Waals surface area contributed by atoms with Crippen LogP contribution in [0.2, 0.25) is 5.02 Å². The maximum atomic E-state index is 12.5. The fourth-order valence-electron chi connectivity index (χ4n) is 1.16. The summed E-state index contributed by atoms with van der Waals surface area (Å²) in [5.41, 5.74) is -1.12. The lowest BCUT2D eigenvalue weighted by Gasteiger charge is -2.12. The molecule has 0 spiro atoms. The molecule has 0 amide bonds. The van der Waals surface area contributed by atoms with E-state index in [4.69, 9.17) is 11.6 Å². The Morgan fingerprint density at radius 1 is 1.44 bits per heavy atom. The van der Waals surface area contributed by atoms with Crippen LogP contribution in [0, 0.1) is 0 Å². The minimum Gasteiger partial charge on any atom is -0.293 e. The molecule has 0 aliphatic carbocycles. The zero-order chi connectivity index (χ0) is 12.5. The second kappa shape index (κ2) is 4.75. The van der Waals surface area contributed by atoms with Crippen molar-refractivity contribution in [2.75, 3.05) is 0 Å². The normalized spacial score (nSPS) is 13.6. The van der Waals surface area contributed by atoms with Gasteiger partial charge in [-0.25, -0.2) is 0 Å². The van der Waals surface area contributed by atoms with E-state index in [2.05, 4.69) is 15.9 Å². The molecule has 0 aromatic heterocycles. The Balaban J connectivity index is 3.30. The molecule has 88 valence electrons. The highest BCUT2D eigenvalue weighted by molar-refractivity contribution is 9.10. The molecule has 1 unspecified atom stereocenters. The van der Waals surface area contributed by atoms with Crippen molar-refractivity contribution in [3.8, 4) is 0 Å². The van der Waals surface area contributed by atoms with Crippen LogP contribution in [0.1, 0.15) is 22.8 Å². The summed E-state index contributed by atoms with van der Waals surface area (Å²) < 4.78 is 37.5. The van der Waals surface area contributed by atoms with Gasteiger partial charge in [0.2, 0.25) is 0 Å². The SMILES string of the molecule is CC(Br)C(=O)c1cccc(C(F)(F)F)c1Cl. The van der Waals surface area contributed by atoms with Crippen molar-refractivity contribution in [3.63, 3.8) is 0 Å². The van der Waals surface area contributed by atoms with Crippen LogP contribution in [-0.4, -0.2) is 10.6 Å². The topological polar surface area (TPSA) is 17.1 Å². The molecule has 0 N–H and O–H groups in total. The largest absolute Gasteiger partial charge is 0.417 e. The molecule has 0 saturated carbocycles. The third-order valence-electron chi connectivity index (χ3n) is 1.93. The van der Waals surface area contributed by atoms with E-state index >= 15 is 0 Å². The molecule has 1 aromatic carbocycles. The van der Waals surface area contributed by atoms with Crippen LogP contribution in [0.15, 0.2) is 18.2 Å². The zero-order valence-corrected chi connectivity index (χ0v) is 10.4. The molecule has 0 heterocycles. The maximum absolute atomic E-state index is 12.5. The monoisotopic (exact) mass is 314 g/mol. The Morgan fingerprint density at radius 3 is 2.44 bits per heavy atom. The number of Topliss-reactive ketones (excluding diaryl/α,β-unsaturated/α-hetero) is 1. The molecule has 0 aliphatic rings. The summed E-state index contributed by atoms with van der Waals surface area (Å²) in [7, 11) is 0. The van der Waals surface area contributed by atoms with Gasteiger partial charge in [0.25, 0.3) is 0 Å². The van der Waals surface area contributed by atoms with Crippen LogP contribution in [0.3, 0.4) is 0 Å². The number of carbonyl (C=O) groups is 1. The van der Waals surface area contributed by atoms with Crippen molar-refractivity contribution in [2.24, 2.45) is 0 Å². The van der Waals surface area contributed by atoms with Gasteiger partial charge in [-0.05, 0) is 19.1 Å². The average molecular weight is 316 g/mol. The molecule has 1 aromatic rings. The number of ketones is 1. The molecular weight excluding hydrogens is 308 g/mol. The highest BCUT2D eigenvalue weighted by Crippen LogP contribution is 2.36. The first-order valence-electron chi connectivity index (χ1n) is 4.29. The Kier molecular flexibility index (Phi) is 4.02. The van der Waals surface area contributed by atoms with E-state index in [0.29, 0.717) is 0 Å². The van der Waals surface area contributed by atoms with Gasteiger partial charge < -0.3 is 0 Å². The maximum Gasteiger partial charge on any atom is 0.417 e. The standard InChI is InChI=1S/C10H7BrClF3O/c1-5(11)9(16)6-3-2-4-7(8(6)12)10(13,14)15/h2-5H,1H3. The van der Waals surface area contributed by atoms with E-state index in [9.17, 15) is 18.0 Å². The van der Waals surface area contributed by atoms with Gasteiger partial charge in [0, 0.05) is 5.56 Å². The van der Waals surface area contributed by atoms with Crippen molar-refractivity contribution < 1.29 is 18.0 Å². The molecule has 16 heavy (non-hydrogen) atoms. The lowest BCUT2D eigenvalue weighted by Crippen LogP contribution is -2.14. The predicted molar refractivity (Wildman–Crippen MR) is 59.2 cm³/mol. The lowest BCUT2D eigenvalue weighted by molar-refractivity contribution is -0.137. The third-order valence-corrected chi connectivity index (χ3v) is 2.75. The van der Waals surface area contributed by atoms with Crippen LogP contribution in [0.5, 0.6) is 0 Å². The van der Waals surface area contributed by atoms with E-state index in [1.165, 1.54) is 13.0 Å². The summed E-state index contributed by atoms with van der Waals surface area (Å²) in [5, 5.41) is -0.550. The molecular formula is C10H7BrClF3O. The highest BCUT2D eigenvalue weighted by Gasteiger charge is 2.34. The van der Waals surface area contributed by atoms with Crippen LogP contribution in [0.4, 0.5) is 13.2 Å². The van der Waals surface area contributed by atoms with Crippen LogP contribution in [-0.2, 0) is 6.18 Å². The fourth-order valence-corrected chi connectivity index (χ4v) is 1.73. The number of carbonyl (C=O) groups excluding carboxylic acids is 1. The molecule has 0 saturated heterocycles. The summed E-state index contributed by atoms with van der Waals surface area (Å²) >= 11 is 8.57. The second-order valence-corrected chi connectivity index (χ2v) is 4.90. The average Bonchev–Trinajstić information content (AvgIpc) is 2.15. The minimum absolute atomic E-state index is 0.124. The predicted octanol–water partition coefficient (Wildman–Crippen LogP) is 4.32. The van der Waals surface area contributed by atoms with Crippen molar-refractivity contribution >= 4 is 33.3 Å². The van der Waals surface area contributed by atoms with E-state index in [1.54, 1.807) is 0 Å². The number of benzene rings is 1. The molecule has 0 aliphatic heterocycles. The fraction of sp³-hybridized carbons (Fsp3) is 0.300. The highest BCUT2D eigenvalue weighted by atomic mass is 79.9. The quantitative estimate of drug-likeness (QED) is 0.586. The Labute approximate surface area is 104 Å². The van der Waals surface area contributed by atoms with Crippen molar-refractivity contribution in [3.05, 3.63) is 34.3 Å². The van der Waals surface area contributed by atoms with Crippen molar-refractivity contribution in [2.45, 2.75) is 17.9 Å². The lowest BCUT2D eigenvalue weighted by atomic mass is 10.1. The summed E-state index contributed by atoms with van der Waals surface area (Å²) in [6.07, 6.45) is -4.55. The Morgan fingerprint density at radius 2 is 2.00 bits per heavy atom. The van der Waals surface area contributed by atoms with Gasteiger partial charge in [-0.2, -0.15) is 13.2 Å². The first-order valence-corrected chi connectivity index (χ1v) is 5.58. The molecule has 1 nitrogen and oxygen atoms in total. The van der Waals surface area contributed by atoms with Gasteiger partial charge in [-0.3, -0.25) is 4.79 Å². The number of rotatable bonds is 2. The molecule has 0 bridgehead atoms. The Hall–Kier alpha value is -0.550. The molecule has 0 radical (unpaired) electrons. The number of hydrogen-bond acceptors (Lipinski definition) is 1. The van der Waals surface area contributed by atoms with E-state index in [1.807, 2.05) is 0 Å². The summed E-state index contributed by atoms with van der Waals surface area (Å²) in [4.78, 5) is 11.0. The second-order valence-electron chi connectivity index (χ2n) is 3.15. The molecule has 1 atom stereocenters. The zero-order valence-electron chi connectivity index (χ0n) is 8.11. The van der Waals surface area contributed by atoms with Gasteiger partial charge in [0.05, 0.1) is 15.4 Å². The van der Waals surface area contributed by atoms with Crippen molar-refractivity contribution in [1.29, 1.82) is 0 Å². The van der Waals surface area contributed by atoms with Crippen molar-refractivity contribution in [1.82, 2.24) is 0 Å². The first-order chi connectivity index (χ1) is 7.25. The van der Waals surface area contributed by atoms with Crippen LogP contribution >= 0.6 is 27.5 Å². The van der Waals surface area contributed by atoms with E-state index < -0.39 is 27.4 Å². The smallest absolute Gasteiger partial charge is 0.293 e. The number of alkyl halides is 4. The van der Waals surface area contributed by atoms with Gasteiger partial charge >= 0.3 is 6.18 Å². The summed E-state index contributed by atoms with van der Waals surface area (Å²) in [6, 6.07) is 3.28. The third kappa shape index (κ3) is 2.77. The minimum atomic E-state index is -4.55.